The second-order valence-corrected chi connectivity index (χ2v) is 16.3. The minimum atomic E-state index is -1.13. The fourth-order valence-electron chi connectivity index (χ4n) is 6.68. The second kappa shape index (κ2) is 37.0. The van der Waals surface area contributed by atoms with E-state index in [-0.39, 0.29) is 49.1 Å². The average molecular weight is 752 g/mol. The molecule has 0 bridgehead atoms. The number of nitrogens with zero attached hydrogens (tertiary/aromatic N) is 1. The normalized spacial score (nSPS) is 13.0. The molecule has 8 heteroatoms. The van der Waals surface area contributed by atoms with Crippen molar-refractivity contribution in [2.75, 3.05) is 41.0 Å². The molecule has 0 fully saturated rings. The van der Waals surface area contributed by atoms with Crippen molar-refractivity contribution in [3.8, 4) is 0 Å². The van der Waals surface area contributed by atoms with Gasteiger partial charge in [0.15, 0.2) is 6.10 Å². The smallest absolute Gasteiger partial charge is 0.306 e. The number of hydrogen-bond donors (Lipinski definition) is 0. The van der Waals surface area contributed by atoms with E-state index < -0.39 is 18.1 Å². The minimum Gasteiger partial charge on any atom is -0.544 e. The Kier molecular flexibility index (Phi) is 35.7. The lowest BCUT2D eigenvalue weighted by molar-refractivity contribution is -0.889. The van der Waals surface area contributed by atoms with E-state index >= 15 is 0 Å². The van der Waals surface area contributed by atoms with Gasteiger partial charge in [-0.3, -0.25) is 9.59 Å². The number of carboxylic acids is 1. The van der Waals surface area contributed by atoms with E-state index in [2.05, 4.69) is 19.9 Å². The topological polar surface area (TPSA) is 102 Å². The zero-order chi connectivity index (χ0) is 39.3. The van der Waals surface area contributed by atoms with Crippen LogP contribution in [0.4, 0.5) is 0 Å². The maximum absolute atomic E-state index is 12.7. The van der Waals surface area contributed by atoms with E-state index in [0.717, 1.165) is 32.1 Å². The Morgan fingerprint density at radius 1 is 0.547 bits per heavy atom. The molecule has 0 aromatic heterocycles. The summed E-state index contributed by atoms with van der Waals surface area (Å²) in [7, 11) is 5.40. The van der Waals surface area contributed by atoms with Gasteiger partial charge in [-0.05, 0) is 25.7 Å². The number of rotatable bonds is 40. The van der Waals surface area contributed by atoms with Crippen LogP contribution in [0.2, 0.25) is 0 Å². The van der Waals surface area contributed by atoms with Crippen LogP contribution in [0.3, 0.4) is 0 Å². The van der Waals surface area contributed by atoms with E-state index in [0.29, 0.717) is 12.8 Å². The van der Waals surface area contributed by atoms with Gasteiger partial charge in [-0.15, -0.1) is 0 Å². The van der Waals surface area contributed by atoms with Crippen molar-refractivity contribution in [1.29, 1.82) is 0 Å². The van der Waals surface area contributed by atoms with Crippen LogP contribution in [0.1, 0.15) is 206 Å². The van der Waals surface area contributed by atoms with Crippen molar-refractivity contribution in [2.45, 2.75) is 219 Å². The maximum Gasteiger partial charge on any atom is 0.306 e. The minimum absolute atomic E-state index is 0.0343. The van der Waals surface area contributed by atoms with Crippen molar-refractivity contribution in [3.05, 3.63) is 12.2 Å². The van der Waals surface area contributed by atoms with Gasteiger partial charge in [0.05, 0.1) is 40.3 Å². The summed E-state index contributed by atoms with van der Waals surface area (Å²) in [6, 6.07) is -0.724. The monoisotopic (exact) mass is 752 g/mol. The van der Waals surface area contributed by atoms with Crippen LogP contribution < -0.4 is 5.11 Å². The van der Waals surface area contributed by atoms with Crippen molar-refractivity contribution in [1.82, 2.24) is 0 Å². The lowest BCUT2D eigenvalue weighted by Crippen LogP contribution is -2.55. The molecule has 0 spiro atoms. The number of ether oxygens (including phenoxy) is 3. The van der Waals surface area contributed by atoms with Gasteiger partial charge in [-0.25, -0.2) is 0 Å². The van der Waals surface area contributed by atoms with Gasteiger partial charge in [-0.1, -0.05) is 174 Å². The van der Waals surface area contributed by atoms with Gasteiger partial charge in [0.25, 0.3) is 0 Å². The summed E-state index contributed by atoms with van der Waals surface area (Å²) in [6.07, 6.45) is 38.5. The Labute approximate surface area is 327 Å². The molecule has 0 saturated carbocycles. The quantitative estimate of drug-likeness (QED) is 0.0266. The summed E-state index contributed by atoms with van der Waals surface area (Å²) >= 11 is 0. The first-order valence-electron chi connectivity index (χ1n) is 22.2. The summed E-state index contributed by atoms with van der Waals surface area (Å²) in [5.41, 5.74) is 0. The third-order valence-electron chi connectivity index (χ3n) is 10.2. The zero-order valence-electron chi connectivity index (χ0n) is 35.4. The number of aliphatic carboxylic acids is 1. The van der Waals surface area contributed by atoms with E-state index in [1.807, 2.05) is 6.08 Å². The number of allylic oxidation sites excluding steroid dienone is 2. The van der Waals surface area contributed by atoms with Gasteiger partial charge in [-0.2, -0.15) is 0 Å². The van der Waals surface area contributed by atoms with Crippen LogP contribution >= 0.6 is 0 Å². The fourth-order valence-corrected chi connectivity index (χ4v) is 6.68. The lowest BCUT2D eigenvalue weighted by atomic mass is 10.0. The van der Waals surface area contributed by atoms with Crippen LogP contribution in [0.25, 0.3) is 0 Å². The van der Waals surface area contributed by atoms with E-state index in [9.17, 15) is 19.5 Å². The standard InChI is InChI=1S/C45H85NO7/c1-6-8-10-12-14-15-16-17-18-19-20-21-22-23-24-25-26-27-28-30-32-34-36-44(48)53-41(39-51-38-37-42(45(49)50)46(3,4)5)40-52-43(47)35-33-31-29-13-11-9-7-2/h29,31,41-42H,6-28,30,32-40H2,1-5H3/b31-29+. The number of quaternary nitrogens is 1. The molecule has 0 aliphatic carbocycles. The van der Waals surface area contributed by atoms with E-state index in [1.54, 1.807) is 21.1 Å². The predicted molar refractivity (Wildman–Crippen MR) is 217 cm³/mol. The third kappa shape index (κ3) is 35.5. The molecule has 0 aliphatic heterocycles. The highest BCUT2D eigenvalue weighted by Crippen LogP contribution is 2.16. The first-order chi connectivity index (χ1) is 25.6. The number of carbonyl (C=O) groups is 3. The molecule has 53 heavy (non-hydrogen) atoms. The Balaban J connectivity index is 4.12. The summed E-state index contributed by atoms with van der Waals surface area (Å²) in [4.78, 5) is 36.6. The van der Waals surface area contributed by atoms with Crippen LogP contribution in [-0.2, 0) is 28.6 Å². The summed E-state index contributed by atoms with van der Waals surface area (Å²) in [5.74, 6) is -1.79. The SMILES string of the molecule is CCCCC/C=C/CCC(=O)OCC(COCCC(C(=O)[O-])[N+](C)(C)C)OC(=O)CCCCCCCCCCCCCCCCCCCCCCCC. The van der Waals surface area contributed by atoms with Crippen molar-refractivity contribution in [3.63, 3.8) is 0 Å². The van der Waals surface area contributed by atoms with E-state index in [4.69, 9.17) is 14.2 Å². The molecule has 0 aliphatic rings. The van der Waals surface area contributed by atoms with Gasteiger partial charge in [0.1, 0.15) is 12.6 Å². The summed E-state index contributed by atoms with van der Waals surface area (Å²) < 4.78 is 17.0. The van der Waals surface area contributed by atoms with Crippen LogP contribution in [0.5, 0.6) is 0 Å². The largest absolute Gasteiger partial charge is 0.544 e. The number of likely N-dealkylation sites (N-methyl/N-ethyl adjacent to an activating group) is 1. The predicted octanol–water partition coefficient (Wildman–Crippen LogP) is 10.6. The number of carboxylic acid groups (broad SMARTS) is 1. The molecule has 0 saturated heterocycles. The lowest BCUT2D eigenvalue weighted by Gasteiger charge is -2.34. The molecule has 8 nitrogen and oxygen atoms in total. The first-order valence-corrected chi connectivity index (χ1v) is 22.2. The van der Waals surface area contributed by atoms with Crippen molar-refractivity contribution < 1.29 is 38.2 Å². The molecular formula is C45H85NO7. The van der Waals surface area contributed by atoms with E-state index in [1.165, 1.54) is 135 Å². The van der Waals surface area contributed by atoms with Gasteiger partial charge in [0, 0.05) is 19.3 Å². The van der Waals surface area contributed by atoms with Gasteiger partial charge < -0.3 is 28.6 Å². The number of hydrogen-bond acceptors (Lipinski definition) is 7. The fraction of sp³-hybridized carbons (Fsp3) is 0.889. The van der Waals surface area contributed by atoms with Crippen LogP contribution in [0.15, 0.2) is 12.2 Å². The molecule has 0 aromatic rings. The molecule has 0 rings (SSSR count). The highest BCUT2D eigenvalue weighted by Gasteiger charge is 2.25. The first kappa shape index (κ1) is 51.1. The Hall–Kier alpha value is -1.93. The molecule has 0 amide bonds. The molecule has 0 N–H and O–H groups in total. The zero-order valence-corrected chi connectivity index (χ0v) is 35.4. The summed E-state index contributed by atoms with van der Waals surface area (Å²) in [6.45, 7) is 4.58. The molecule has 0 radical (unpaired) electrons. The molecule has 312 valence electrons. The molecule has 2 atom stereocenters. The third-order valence-corrected chi connectivity index (χ3v) is 10.2. The number of carbonyl (C=O) groups excluding carboxylic acids is 3. The summed E-state index contributed by atoms with van der Waals surface area (Å²) in [5, 5.41) is 11.6. The number of unbranched alkanes of at least 4 members (excludes halogenated alkanes) is 24. The Morgan fingerprint density at radius 3 is 1.43 bits per heavy atom. The van der Waals surface area contributed by atoms with Crippen molar-refractivity contribution >= 4 is 17.9 Å². The molecule has 2 unspecified atom stereocenters. The Morgan fingerprint density at radius 2 is 0.981 bits per heavy atom. The van der Waals surface area contributed by atoms with Gasteiger partial charge >= 0.3 is 11.9 Å². The molecule has 0 heterocycles. The average Bonchev–Trinajstić information content (AvgIpc) is 3.11. The Bertz CT molecular complexity index is 885. The second-order valence-electron chi connectivity index (χ2n) is 16.3. The van der Waals surface area contributed by atoms with Crippen LogP contribution in [-0.4, -0.2) is 75.5 Å². The van der Waals surface area contributed by atoms with Crippen molar-refractivity contribution in [2.24, 2.45) is 0 Å². The molecular weight excluding hydrogens is 666 g/mol. The number of esters is 2. The molecule has 0 aromatic carbocycles. The highest BCUT2D eigenvalue weighted by molar-refractivity contribution is 5.70. The highest BCUT2D eigenvalue weighted by atomic mass is 16.6. The van der Waals surface area contributed by atoms with Gasteiger partial charge in [0.2, 0.25) is 0 Å². The van der Waals surface area contributed by atoms with Crippen LogP contribution in [0, 0.1) is 0 Å². The maximum atomic E-state index is 12.7.